The summed E-state index contributed by atoms with van der Waals surface area (Å²) in [6, 6.07) is 11.1. The van der Waals surface area contributed by atoms with Crippen molar-refractivity contribution in [2.75, 3.05) is 13.6 Å². The molecular weight excluding hydrogens is 158 g/mol. The largest absolute Gasteiger partial charge is 0.296 e. The fraction of sp³-hybridized carbons (Fsp3) is 0.333. The Morgan fingerprint density at radius 3 is 2.69 bits per heavy atom. The lowest BCUT2D eigenvalue weighted by atomic mass is 10.0. The second kappa shape index (κ2) is 3.75. The number of likely N-dealkylation sites (N-methyl/N-ethyl adjacent to an activating group) is 1. The van der Waals surface area contributed by atoms with Crippen LogP contribution >= 0.6 is 0 Å². The Hall–Kier alpha value is -1.08. The maximum absolute atomic E-state index is 2.38. The van der Waals surface area contributed by atoms with Crippen LogP contribution in [0.5, 0.6) is 0 Å². The van der Waals surface area contributed by atoms with Crippen molar-refractivity contribution in [1.82, 2.24) is 4.90 Å². The summed E-state index contributed by atoms with van der Waals surface area (Å²) in [6.45, 7) is 1.16. The first-order valence-corrected chi connectivity index (χ1v) is 4.80. The number of rotatable bonds is 1. The molecule has 2 rings (SSSR count). The first-order valence-electron chi connectivity index (χ1n) is 4.80. The van der Waals surface area contributed by atoms with E-state index in [9.17, 15) is 0 Å². The Labute approximate surface area is 79.7 Å². The molecule has 1 atom stereocenters. The zero-order valence-corrected chi connectivity index (χ0v) is 7.98. The van der Waals surface area contributed by atoms with Crippen LogP contribution in [-0.2, 0) is 0 Å². The van der Waals surface area contributed by atoms with Gasteiger partial charge in [0.15, 0.2) is 0 Å². The molecule has 1 nitrogen and oxygen atoms in total. The first kappa shape index (κ1) is 8.52. The Bertz CT molecular complexity index is 289. The number of nitrogens with zero attached hydrogens (tertiary/aromatic N) is 1. The van der Waals surface area contributed by atoms with Crippen molar-refractivity contribution in [3.63, 3.8) is 0 Å². The Kier molecular flexibility index (Phi) is 2.46. The van der Waals surface area contributed by atoms with Gasteiger partial charge in [-0.3, -0.25) is 4.90 Å². The molecule has 0 aromatic heterocycles. The predicted octanol–water partition coefficient (Wildman–Crippen LogP) is 2.62. The molecule has 1 aliphatic heterocycles. The Morgan fingerprint density at radius 1 is 1.23 bits per heavy atom. The van der Waals surface area contributed by atoms with Crippen molar-refractivity contribution in [2.45, 2.75) is 12.5 Å². The van der Waals surface area contributed by atoms with E-state index in [1.807, 2.05) is 0 Å². The van der Waals surface area contributed by atoms with Gasteiger partial charge in [-0.15, -0.1) is 0 Å². The fourth-order valence-electron chi connectivity index (χ4n) is 1.81. The zero-order valence-electron chi connectivity index (χ0n) is 7.98. The van der Waals surface area contributed by atoms with Gasteiger partial charge in [0.05, 0.1) is 6.04 Å². The van der Waals surface area contributed by atoms with E-state index >= 15 is 0 Å². The minimum absolute atomic E-state index is 0.481. The molecule has 1 aliphatic rings. The van der Waals surface area contributed by atoms with Crippen molar-refractivity contribution >= 4 is 0 Å². The van der Waals surface area contributed by atoms with Crippen LogP contribution in [0, 0.1) is 0 Å². The molecule has 0 fully saturated rings. The van der Waals surface area contributed by atoms with Gasteiger partial charge in [-0.1, -0.05) is 42.5 Å². The van der Waals surface area contributed by atoms with Crippen molar-refractivity contribution in [1.29, 1.82) is 0 Å². The fourth-order valence-corrected chi connectivity index (χ4v) is 1.81. The van der Waals surface area contributed by atoms with E-state index in [0.29, 0.717) is 6.04 Å². The Balaban J connectivity index is 2.25. The highest BCUT2D eigenvalue weighted by atomic mass is 15.1. The van der Waals surface area contributed by atoms with E-state index in [1.54, 1.807) is 0 Å². The summed E-state index contributed by atoms with van der Waals surface area (Å²) < 4.78 is 0. The third-order valence-corrected chi connectivity index (χ3v) is 2.58. The van der Waals surface area contributed by atoms with Crippen LogP contribution in [0.3, 0.4) is 0 Å². The van der Waals surface area contributed by atoms with Crippen molar-refractivity contribution in [3.05, 3.63) is 48.0 Å². The van der Waals surface area contributed by atoms with E-state index in [2.05, 4.69) is 54.4 Å². The van der Waals surface area contributed by atoms with Crippen LogP contribution in [0.25, 0.3) is 0 Å². The van der Waals surface area contributed by atoms with E-state index in [0.717, 1.165) is 6.54 Å². The summed E-state index contributed by atoms with van der Waals surface area (Å²) in [5, 5.41) is 0. The van der Waals surface area contributed by atoms with Crippen LogP contribution in [0.1, 0.15) is 18.0 Å². The third-order valence-electron chi connectivity index (χ3n) is 2.58. The summed E-state index contributed by atoms with van der Waals surface area (Å²) in [5.74, 6) is 0. The van der Waals surface area contributed by atoms with Gasteiger partial charge in [-0.25, -0.2) is 0 Å². The topological polar surface area (TPSA) is 3.24 Å². The molecule has 0 amide bonds. The van der Waals surface area contributed by atoms with E-state index in [1.165, 1.54) is 12.0 Å². The van der Waals surface area contributed by atoms with Crippen molar-refractivity contribution in [3.8, 4) is 0 Å². The van der Waals surface area contributed by atoms with Crippen LogP contribution in [0.4, 0.5) is 0 Å². The second-order valence-electron chi connectivity index (χ2n) is 3.55. The quantitative estimate of drug-likeness (QED) is 0.590. The van der Waals surface area contributed by atoms with Gasteiger partial charge in [0, 0.05) is 6.54 Å². The van der Waals surface area contributed by atoms with Crippen LogP contribution in [-0.4, -0.2) is 18.5 Å². The van der Waals surface area contributed by atoms with Gasteiger partial charge in [0.2, 0.25) is 0 Å². The summed E-state index contributed by atoms with van der Waals surface area (Å²) >= 11 is 0. The first-order chi connectivity index (χ1) is 6.38. The van der Waals surface area contributed by atoms with Crippen LogP contribution in [0.15, 0.2) is 42.5 Å². The molecule has 1 unspecified atom stereocenters. The summed E-state index contributed by atoms with van der Waals surface area (Å²) in [5.41, 5.74) is 1.39. The minimum atomic E-state index is 0.481. The van der Waals surface area contributed by atoms with Crippen LogP contribution < -0.4 is 0 Å². The van der Waals surface area contributed by atoms with Gasteiger partial charge in [0.25, 0.3) is 0 Å². The average Bonchev–Trinajstić information content (AvgIpc) is 2.20. The monoisotopic (exact) mass is 173 g/mol. The predicted molar refractivity (Wildman–Crippen MR) is 55.6 cm³/mol. The molecular formula is C12H15N. The molecule has 1 aromatic carbocycles. The van der Waals surface area contributed by atoms with Crippen molar-refractivity contribution in [2.24, 2.45) is 0 Å². The molecule has 0 radical (unpaired) electrons. The lowest BCUT2D eigenvalue weighted by molar-refractivity contribution is 0.279. The molecule has 13 heavy (non-hydrogen) atoms. The summed E-state index contributed by atoms with van der Waals surface area (Å²) in [7, 11) is 2.18. The highest BCUT2D eigenvalue weighted by Gasteiger charge is 2.15. The number of hydrogen-bond donors (Lipinski definition) is 0. The van der Waals surface area contributed by atoms with Gasteiger partial charge < -0.3 is 0 Å². The number of hydrogen-bond acceptors (Lipinski definition) is 1. The highest BCUT2D eigenvalue weighted by Crippen LogP contribution is 2.23. The zero-order chi connectivity index (χ0) is 9.10. The maximum Gasteiger partial charge on any atom is 0.0528 e. The Morgan fingerprint density at radius 2 is 2.00 bits per heavy atom. The van der Waals surface area contributed by atoms with Gasteiger partial charge in [0.1, 0.15) is 0 Å². The van der Waals surface area contributed by atoms with Gasteiger partial charge >= 0.3 is 0 Å². The molecule has 0 spiro atoms. The lowest BCUT2D eigenvalue weighted by Crippen LogP contribution is -2.26. The average molecular weight is 173 g/mol. The molecule has 0 saturated heterocycles. The molecule has 68 valence electrons. The molecule has 1 heterocycles. The van der Waals surface area contributed by atoms with Crippen LogP contribution in [0.2, 0.25) is 0 Å². The van der Waals surface area contributed by atoms with E-state index in [-0.39, 0.29) is 0 Å². The second-order valence-corrected chi connectivity index (χ2v) is 3.55. The van der Waals surface area contributed by atoms with Gasteiger partial charge in [-0.2, -0.15) is 0 Å². The summed E-state index contributed by atoms with van der Waals surface area (Å²) in [4.78, 5) is 2.38. The highest BCUT2D eigenvalue weighted by molar-refractivity contribution is 5.24. The minimum Gasteiger partial charge on any atom is -0.296 e. The molecule has 1 heteroatoms. The third kappa shape index (κ3) is 1.81. The smallest absolute Gasteiger partial charge is 0.0528 e. The molecule has 0 bridgehead atoms. The van der Waals surface area contributed by atoms with E-state index in [4.69, 9.17) is 0 Å². The normalized spacial score (nSPS) is 23.3. The molecule has 1 aromatic rings. The maximum atomic E-state index is 2.38. The van der Waals surface area contributed by atoms with Crippen molar-refractivity contribution < 1.29 is 0 Å². The van der Waals surface area contributed by atoms with E-state index < -0.39 is 0 Å². The summed E-state index contributed by atoms with van der Waals surface area (Å²) in [6.07, 6.45) is 5.75. The lowest BCUT2D eigenvalue weighted by Gasteiger charge is -2.28. The molecule has 0 aliphatic carbocycles. The standard InChI is InChI=1S/C12H15N/c1-13-10-6-5-9-12(13)11-7-3-2-4-8-11/h2-5,7-9,12H,6,10H2,1H3. The SMILES string of the molecule is CN1CCC=CC1c1ccccc1. The molecule has 0 N–H and O–H groups in total. The van der Waals surface area contributed by atoms with Gasteiger partial charge in [-0.05, 0) is 19.0 Å². The number of benzene rings is 1. The molecule has 0 saturated carbocycles.